The monoisotopic (exact) mass is 307 g/mol. The van der Waals surface area contributed by atoms with Gasteiger partial charge in [0.15, 0.2) is 0 Å². The summed E-state index contributed by atoms with van der Waals surface area (Å²) in [6.45, 7) is 2.12. The van der Waals surface area contributed by atoms with Crippen molar-refractivity contribution in [2.75, 3.05) is 0 Å². The minimum absolute atomic E-state index is 0.154. The molecule has 0 unspecified atom stereocenters. The van der Waals surface area contributed by atoms with Crippen LogP contribution >= 0.6 is 11.6 Å². The van der Waals surface area contributed by atoms with E-state index in [0.717, 1.165) is 37.5 Å². The first-order valence-electron chi connectivity index (χ1n) is 7.35. The molecule has 0 radical (unpaired) electrons. The largest absolute Gasteiger partial charge is 0.477 e. The summed E-state index contributed by atoms with van der Waals surface area (Å²) in [5.74, 6) is -0.928. The molecule has 0 aliphatic heterocycles. The zero-order valence-electron chi connectivity index (χ0n) is 12.0. The van der Waals surface area contributed by atoms with Crippen LogP contribution in [0.1, 0.15) is 55.9 Å². The Labute approximate surface area is 128 Å². The van der Waals surface area contributed by atoms with Gasteiger partial charge in [-0.3, -0.25) is 0 Å². The number of carbonyl (C=O) groups is 1. The predicted octanol–water partition coefficient (Wildman–Crippen LogP) is 3.85. The molecular weight excluding hydrogens is 290 g/mol. The maximum Gasteiger partial charge on any atom is 0.352 e. The quantitative estimate of drug-likeness (QED) is 0.874. The predicted molar refractivity (Wildman–Crippen MR) is 80.8 cm³/mol. The summed E-state index contributed by atoms with van der Waals surface area (Å²) in [6, 6.07) is 1.65. The van der Waals surface area contributed by atoms with E-state index in [9.17, 15) is 9.90 Å². The molecule has 1 aliphatic carbocycles. The molecule has 0 spiro atoms. The second kappa shape index (κ2) is 5.30. The van der Waals surface area contributed by atoms with Crippen LogP contribution < -0.4 is 0 Å². The van der Waals surface area contributed by atoms with Crippen molar-refractivity contribution in [3.8, 4) is 0 Å². The highest BCUT2D eigenvalue weighted by atomic mass is 35.5. The van der Waals surface area contributed by atoms with Gasteiger partial charge in [0.2, 0.25) is 5.28 Å². The lowest BCUT2D eigenvalue weighted by Gasteiger charge is -2.39. The van der Waals surface area contributed by atoms with Crippen molar-refractivity contribution in [1.29, 1.82) is 0 Å². The molecular formula is C15H18ClN3O2. The molecule has 2 heterocycles. The molecule has 0 atom stereocenters. The minimum Gasteiger partial charge on any atom is -0.477 e. The Bertz CT molecular complexity index is 690. The second-order valence-corrected chi connectivity index (χ2v) is 6.06. The van der Waals surface area contributed by atoms with Crippen LogP contribution in [0.4, 0.5) is 0 Å². The van der Waals surface area contributed by atoms with Gasteiger partial charge in [-0.1, -0.05) is 26.2 Å². The Balaban J connectivity index is 2.29. The average Bonchev–Trinajstić information content (AvgIpc) is 2.87. The Morgan fingerprint density at radius 3 is 2.76 bits per heavy atom. The highest BCUT2D eigenvalue weighted by Crippen LogP contribution is 2.41. The maximum atomic E-state index is 11.7. The zero-order valence-corrected chi connectivity index (χ0v) is 12.7. The van der Waals surface area contributed by atoms with Gasteiger partial charge in [0, 0.05) is 17.1 Å². The number of fused-ring (bicyclic) bond motifs is 1. The second-order valence-electron chi connectivity index (χ2n) is 5.73. The standard InChI is InChI=1S/C15H18ClN3O2/c1-2-15(6-4-3-5-7-15)19-11(13(20)21)8-10-9-17-14(16)18-12(10)19/h8-9H,2-7H2,1H3,(H,20,21). The lowest BCUT2D eigenvalue weighted by molar-refractivity contribution is 0.0667. The van der Waals surface area contributed by atoms with E-state index in [2.05, 4.69) is 16.9 Å². The number of hydrogen-bond donors (Lipinski definition) is 1. The number of carboxylic acids is 1. The number of aromatic nitrogens is 3. The molecule has 0 bridgehead atoms. The van der Waals surface area contributed by atoms with E-state index in [0.29, 0.717) is 5.65 Å². The smallest absolute Gasteiger partial charge is 0.352 e. The van der Waals surface area contributed by atoms with Crippen molar-refractivity contribution in [2.24, 2.45) is 0 Å². The SMILES string of the molecule is CCC1(n2c(C(=O)O)cc3cnc(Cl)nc32)CCCCC1. The van der Waals surface area contributed by atoms with Crippen LogP contribution in [-0.4, -0.2) is 25.6 Å². The molecule has 0 saturated heterocycles. The normalized spacial score (nSPS) is 18.0. The molecule has 0 amide bonds. The van der Waals surface area contributed by atoms with Gasteiger partial charge >= 0.3 is 5.97 Å². The van der Waals surface area contributed by atoms with Gasteiger partial charge < -0.3 is 9.67 Å². The highest BCUT2D eigenvalue weighted by molar-refractivity contribution is 6.28. The van der Waals surface area contributed by atoms with E-state index in [1.807, 2.05) is 4.57 Å². The molecule has 112 valence electrons. The topological polar surface area (TPSA) is 68.0 Å². The summed E-state index contributed by atoms with van der Waals surface area (Å²) >= 11 is 5.92. The molecule has 1 aliphatic rings. The molecule has 0 aromatic carbocycles. The van der Waals surface area contributed by atoms with Gasteiger partial charge in [-0.2, -0.15) is 4.98 Å². The molecule has 1 N–H and O–H groups in total. The van der Waals surface area contributed by atoms with Gasteiger partial charge in [-0.25, -0.2) is 9.78 Å². The van der Waals surface area contributed by atoms with Crippen LogP contribution in [0.5, 0.6) is 0 Å². The first kappa shape index (κ1) is 14.3. The van der Waals surface area contributed by atoms with Crippen molar-refractivity contribution in [3.63, 3.8) is 0 Å². The van der Waals surface area contributed by atoms with Gasteiger partial charge in [-0.15, -0.1) is 0 Å². The van der Waals surface area contributed by atoms with Crippen molar-refractivity contribution < 1.29 is 9.90 Å². The van der Waals surface area contributed by atoms with Crippen LogP contribution in [0.15, 0.2) is 12.3 Å². The lowest BCUT2D eigenvalue weighted by Crippen LogP contribution is -2.37. The third-order valence-corrected chi connectivity index (χ3v) is 4.83. The Morgan fingerprint density at radius 1 is 1.43 bits per heavy atom. The van der Waals surface area contributed by atoms with Gasteiger partial charge in [0.1, 0.15) is 11.3 Å². The van der Waals surface area contributed by atoms with Crippen LogP contribution in [0.3, 0.4) is 0 Å². The maximum absolute atomic E-state index is 11.7. The number of carboxylic acid groups (broad SMARTS) is 1. The van der Waals surface area contributed by atoms with Crippen LogP contribution in [0.25, 0.3) is 11.0 Å². The Morgan fingerprint density at radius 2 is 2.14 bits per heavy atom. The molecule has 6 heteroatoms. The van der Waals surface area contributed by atoms with Gasteiger partial charge in [0.05, 0.1) is 0 Å². The highest BCUT2D eigenvalue weighted by Gasteiger charge is 2.36. The van der Waals surface area contributed by atoms with Crippen molar-refractivity contribution in [3.05, 3.63) is 23.2 Å². The molecule has 3 rings (SSSR count). The van der Waals surface area contributed by atoms with E-state index in [-0.39, 0.29) is 16.5 Å². The molecule has 1 fully saturated rings. The number of halogens is 1. The van der Waals surface area contributed by atoms with Crippen LogP contribution in [0.2, 0.25) is 5.28 Å². The van der Waals surface area contributed by atoms with Crippen molar-refractivity contribution in [2.45, 2.75) is 51.0 Å². The van der Waals surface area contributed by atoms with Gasteiger partial charge in [-0.05, 0) is 36.9 Å². The van der Waals surface area contributed by atoms with Gasteiger partial charge in [0.25, 0.3) is 0 Å². The fraction of sp³-hybridized carbons (Fsp3) is 0.533. The fourth-order valence-corrected chi connectivity index (χ4v) is 3.68. The molecule has 5 nitrogen and oxygen atoms in total. The van der Waals surface area contributed by atoms with Crippen LogP contribution in [0, 0.1) is 0 Å². The zero-order chi connectivity index (χ0) is 15.0. The number of nitrogens with zero attached hydrogens (tertiary/aromatic N) is 3. The van der Waals surface area contributed by atoms with Crippen LogP contribution in [-0.2, 0) is 5.54 Å². The first-order valence-corrected chi connectivity index (χ1v) is 7.73. The lowest BCUT2D eigenvalue weighted by atomic mass is 9.79. The molecule has 2 aromatic heterocycles. The third-order valence-electron chi connectivity index (χ3n) is 4.65. The van der Waals surface area contributed by atoms with E-state index >= 15 is 0 Å². The summed E-state index contributed by atoms with van der Waals surface area (Å²) < 4.78 is 1.90. The minimum atomic E-state index is -0.928. The summed E-state index contributed by atoms with van der Waals surface area (Å²) in [6.07, 6.45) is 7.89. The summed E-state index contributed by atoms with van der Waals surface area (Å²) in [4.78, 5) is 19.9. The fourth-order valence-electron chi connectivity index (χ4n) is 3.55. The summed E-state index contributed by atoms with van der Waals surface area (Å²) in [5, 5.41) is 10.5. The van der Waals surface area contributed by atoms with Crippen molar-refractivity contribution >= 4 is 28.6 Å². The van der Waals surface area contributed by atoms with Crippen molar-refractivity contribution in [1.82, 2.24) is 14.5 Å². The molecule has 2 aromatic rings. The first-order chi connectivity index (χ1) is 10.1. The van der Waals surface area contributed by atoms with E-state index in [1.165, 1.54) is 6.42 Å². The molecule has 21 heavy (non-hydrogen) atoms. The third kappa shape index (κ3) is 2.29. The number of rotatable bonds is 3. The molecule has 1 saturated carbocycles. The summed E-state index contributed by atoms with van der Waals surface area (Å²) in [5.41, 5.74) is 0.743. The van der Waals surface area contributed by atoms with E-state index in [1.54, 1.807) is 12.3 Å². The Hall–Kier alpha value is -1.62. The number of aromatic carboxylic acids is 1. The van der Waals surface area contributed by atoms with E-state index in [4.69, 9.17) is 11.6 Å². The average molecular weight is 308 g/mol. The number of hydrogen-bond acceptors (Lipinski definition) is 3. The van der Waals surface area contributed by atoms with E-state index < -0.39 is 5.97 Å². The Kier molecular flexibility index (Phi) is 3.61. The summed E-state index contributed by atoms with van der Waals surface area (Å²) in [7, 11) is 0.